The van der Waals surface area contributed by atoms with E-state index in [1.807, 2.05) is 0 Å². The zero-order chi connectivity index (χ0) is 12.8. The van der Waals surface area contributed by atoms with Gasteiger partial charge >= 0.3 is 0 Å². The zero-order valence-electron chi connectivity index (χ0n) is 10.1. The van der Waals surface area contributed by atoms with Crippen LogP contribution in [-0.4, -0.2) is 44.2 Å². The lowest BCUT2D eigenvalue weighted by Gasteiger charge is -2.22. The van der Waals surface area contributed by atoms with Gasteiger partial charge in [0.15, 0.2) is 0 Å². The van der Waals surface area contributed by atoms with E-state index in [9.17, 15) is 8.78 Å². The summed E-state index contributed by atoms with van der Waals surface area (Å²) in [5.41, 5.74) is 0.922. The molecule has 1 aliphatic rings. The third-order valence-electron chi connectivity index (χ3n) is 2.78. The molecule has 0 spiro atoms. The van der Waals surface area contributed by atoms with Gasteiger partial charge in [-0.05, 0) is 13.0 Å². The largest absolute Gasteiger partial charge is 0.486 e. The van der Waals surface area contributed by atoms with Crippen molar-refractivity contribution in [1.29, 1.82) is 0 Å². The number of alkyl halides is 2. The third-order valence-corrected chi connectivity index (χ3v) is 2.78. The van der Waals surface area contributed by atoms with E-state index >= 15 is 0 Å². The first kappa shape index (κ1) is 13.0. The number of aromatic nitrogens is 1. The molecule has 0 aromatic carbocycles. The molecule has 1 fully saturated rings. The molecule has 2 heterocycles. The highest BCUT2D eigenvalue weighted by Gasteiger charge is 2.11. The van der Waals surface area contributed by atoms with Crippen molar-refractivity contribution in [3.63, 3.8) is 0 Å². The van der Waals surface area contributed by atoms with Crippen LogP contribution in [-0.2, 0) is 0 Å². The van der Waals surface area contributed by atoms with E-state index in [2.05, 4.69) is 15.2 Å². The van der Waals surface area contributed by atoms with Crippen LogP contribution in [0.1, 0.15) is 6.42 Å². The monoisotopic (exact) mass is 257 g/mol. The number of hydrogen-bond donors (Lipinski definition) is 1. The summed E-state index contributed by atoms with van der Waals surface area (Å²) in [6.07, 6.45) is 1.79. The Morgan fingerprint density at radius 1 is 1.33 bits per heavy atom. The minimum atomic E-state index is -2.46. The fourth-order valence-corrected chi connectivity index (χ4v) is 1.92. The second-order valence-electron chi connectivity index (χ2n) is 4.17. The highest BCUT2D eigenvalue weighted by atomic mass is 19.3. The Hall–Kier alpha value is -1.43. The van der Waals surface area contributed by atoms with Gasteiger partial charge in [0.05, 0.1) is 18.1 Å². The van der Waals surface area contributed by atoms with Gasteiger partial charge in [0.1, 0.15) is 12.4 Å². The second-order valence-corrected chi connectivity index (χ2v) is 4.17. The maximum Gasteiger partial charge on any atom is 0.272 e. The molecule has 1 saturated heterocycles. The number of anilines is 1. The van der Waals surface area contributed by atoms with Crippen LogP contribution in [0.25, 0.3) is 0 Å². The third kappa shape index (κ3) is 3.80. The molecule has 0 atom stereocenters. The van der Waals surface area contributed by atoms with Gasteiger partial charge in [0.2, 0.25) is 0 Å². The van der Waals surface area contributed by atoms with E-state index in [1.54, 1.807) is 12.3 Å². The van der Waals surface area contributed by atoms with Crippen LogP contribution in [0.2, 0.25) is 0 Å². The van der Waals surface area contributed by atoms with Crippen molar-refractivity contribution in [3.05, 3.63) is 18.5 Å². The standard InChI is InChI=1S/C12H17F2N3O/c13-12(14)9-18-11-6-10(7-16-8-11)17-4-1-2-15-3-5-17/h6-8,12,15H,1-5,9H2. The smallest absolute Gasteiger partial charge is 0.272 e. The Balaban J connectivity index is 2.01. The minimum Gasteiger partial charge on any atom is -0.486 e. The van der Waals surface area contributed by atoms with Crippen LogP contribution < -0.4 is 15.0 Å². The average molecular weight is 257 g/mol. The van der Waals surface area contributed by atoms with Crippen molar-refractivity contribution in [1.82, 2.24) is 10.3 Å². The number of nitrogens with one attached hydrogen (secondary N) is 1. The first-order valence-electron chi connectivity index (χ1n) is 6.07. The van der Waals surface area contributed by atoms with Gasteiger partial charge in [-0.25, -0.2) is 8.78 Å². The number of hydrogen-bond acceptors (Lipinski definition) is 4. The number of nitrogens with zero attached hydrogens (tertiary/aromatic N) is 2. The van der Waals surface area contributed by atoms with E-state index in [-0.39, 0.29) is 0 Å². The first-order valence-corrected chi connectivity index (χ1v) is 6.07. The summed E-state index contributed by atoms with van der Waals surface area (Å²) in [4.78, 5) is 6.22. The van der Waals surface area contributed by atoms with Gasteiger partial charge in [0, 0.05) is 25.7 Å². The maximum atomic E-state index is 12.1. The van der Waals surface area contributed by atoms with Crippen LogP contribution in [0.4, 0.5) is 14.5 Å². The summed E-state index contributed by atoms with van der Waals surface area (Å²) >= 11 is 0. The van der Waals surface area contributed by atoms with Crippen molar-refractivity contribution in [2.45, 2.75) is 12.8 Å². The van der Waals surface area contributed by atoms with E-state index in [4.69, 9.17) is 4.74 Å². The lowest BCUT2D eigenvalue weighted by atomic mass is 10.3. The molecule has 100 valence electrons. The minimum absolute atomic E-state index is 0.394. The molecule has 18 heavy (non-hydrogen) atoms. The van der Waals surface area contributed by atoms with Crippen LogP contribution in [0.15, 0.2) is 18.5 Å². The molecule has 2 rings (SSSR count). The van der Waals surface area contributed by atoms with Crippen molar-refractivity contribution in [2.75, 3.05) is 37.7 Å². The molecule has 1 aromatic rings. The molecule has 0 amide bonds. The Labute approximate surface area is 105 Å². The van der Waals surface area contributed by atoms with Crippen molar-refractivity contribution in [2.24, 2.45) is 0 Å². The number of halogens is 2. The zero-order valence-corrected chi connectivity index (χ0v) is 10.1. The normalized spacial score (nSPS) is 16.7. The van der Waals surface area contributed by atoms with E-state index in [1.165, 1.54) is 6.20 Å². The summed E-state index contributed by atoms with van der Waals surface area (Å²) in [7, 11) is 0. The Kier molecular flexibility index (Phi) is 4.69. The molecule has 0 aliphatic carbocycles. The fourth-order valence-electron chi connectivity index (χ4n) is 1.92. The number of ether oxygens (including phenoxy) is 1. The van der Waals surface area contributed by atoms with Gasteiger partial charge in [-0.15, -0.1) is 0 Å². The molecule has 0 bridgehead atoms. The van der Waals surface area contributed by atoms with E-state index in [0.29, 0.717) is 5.75 Å². The summed E-state index contributed by atoms with van der Waals surface area (Å²) in [5.74, 6) is 0.394. The Bertz CT molecular complexity index is 368. The van der Waals surface area contributed by atoms with Crippen LogP contribution >= 0.6 is 0 Å². The van der Waals surface area contributed by atoms with E-state index in [0.717, 1.165) is 38.3 Å². The highest BCUT2D eigenvalue weighted by Crippen LogP contribution is 2.20. The highest BCUT2D eigenvalue weighted by molar-refractivity contribution is 5.48. The molecule has 0 unspecified atom stereocenters. The predicted molar refractivity (Wildman–Crippen MR) is 65.4 cm³/mol. The van der Waals surface area contributed by atoms with Gasteiger partial charge in [0.25, 0.3) is 6.43 Å². The first-order chi connectivity index (χ1) is 8.75. The summed E-state index contributed by atoms with van der Waals surface area (Å²) < 4.78 is 29.1. The lowest BCUT2D eigenvalue weighted by Crippen LogP contribution is -2.27. The lowest BCUT2D eigenvalue weighted by molar-refractivity contribution is 0.0817. The van der Waals surface area contributed by atoms with Gasteiger partial charge in [-0.1, -0.05) is 0 Å². The molecule has 1 aliphatic heterocycles. The van der Waals surface area contributed by atoms with E-state index < -0.39 is 13.0 Å². The molecule has 0 saturated carbocycles. The molecule has 6 heteroatoms. The SMILES string of the molecule is FC(F)COc1cncc(N2CCCNCC2)c1. The molecule has 1 aromatic heterocycles. The fraction of sp³-hybridized carbons (Fsp3) is 0.583. The summed E-state index contributed by atoms with van der Waals surface area (Å²) in [6, 6.07) is 1.76. The second kappa shape index (κ2) is 6.49. The quantitative estimate of drug-likeness (QED) is 0.887. The summed E-state index contributed by atoms with van der Waals surface area (Å²) in [5, 5.41) is 3.31. The number of rotatable bonds is 4. The van der Waals surface area contributed by atoms with Crippen molar-refractivity contribution in [3.8, 4) is 5.75 Å². The van der Waals surface area contributed by atoms with Crippen molar-refractivity contribution < 1.29 is 13.5 Å². The maximum absolute atomic E-state index is 12.1. The van der Waals surface area contributed by atoms with Crippen LogP contribution in [0, 0.1) is 0 Å². The Morgan fingerprint density at radius 2 is 2.22 bits per heavy atom. The molecular weight excluding hydrogens is 240 g/mol. The Morgan fingerprint density at radius 3 is 3.06 bits per heavy atom. The predicted octanol–water partition coefficient (Wildman–Crippen LogP) is 1.53. The molecule has 0 radical (unpaired) electrons. The molecular formula is C12H17F2N3O. The van der Waals surface area contributed by atoms with Crippen LogP contribution in [0.5, 0.6) is 5.75 Å². The van der Waals surface area contributed by atoms with Gasteiger partial charge in [-0.2, -0.15) is 0 Å². The summed E-state index contributed by atoms with van der Waals surface area (Å²) in [6.45, 7) is 3.16. The molecule has 1 N–H and O–H groups in total. The molecule has 4 nitrogen and oxygen atoms in total. The average Bonchev–Trinajstić information content (AvgIpc) is 2.65. The van der Waals surface area contributed by atoms with Gasteiger partial charge in [-0.3, -0.25) is 4.98 Å². The van der Waals surface area contributed by atoms with Crippen molar-refractivity contribution >= 4 is 5.69 Å². The number of pyridine rings is 1. The van der Waals surface area contributed by atoms with Gasteiger partial charge < -0.3 is 15.0 Å². The van der Waals surface area contributed by atoms with Crippen LogP contribution in [0.3, 0.4) is 0 Å². The topological polar surface area (TPSA) is 37.4 Å².